The summed E-state index contributed by atoms with van der Waals surface area (Å²) in [6.07, 6.45) is 8.84. The van der Waals surface area contributed by atoms with Crippen LogP contribution in [0.25, 0.3) is 32.4 Å². The number of nitrogens with one attached hydrogen (secondary N) is 1. The highest BCUT2D eigenvalue weighted by Gasteiger charge is 2.49. The average Bonchev–Trinajstić information content (AvgIpc) is 3.38. The molecule has 2 aliphatic heterocycles. The summed E-state index contributed by atoms with van der Waals surface area (Å²) in [5.41, 5.74) is 4.59. The topological polar surface area (TPSA) is 58.9 Å². The average molecular weight is 433 g/mol. The molecule has 1 unspecified atom stereocenters. The Bertz CT molecular complexity index is 1290. The van der Waals surface area contributed by atoms with Gasteiger partial charge in [0.05, 0.1) is 22.1 Å². The minimum absolute atomic E-state index is 0.252. The Balaban J connectivity index is 1.32. The van der Waals surface area contributed by atoms with Crippen LogP contribution in [0.4, 0.5) is 5.13 Å². The molecule has 2 saturated heterocycles. The Kier molecular flexibility index (Phi) is 4.02. The molecule has 2 fully saturated rings. The summed E-state index contributed by atoms with van der Waals surface area (Å²) in [5.74, 6) is 0. The molecule has 2 bridgehead atoms. The number of rotatable bonds is 3. The summed E-state index contributed by atoms with van der Waals surface area (Å²) in [4.78, 5) is 12.1. The summed E-state index contributed by atoms with van der Waals surface area (Å²) in [6, 6.07) is 9.02. The van der Waals surface area contributed by atoms with E-state index in [2.05, 4.69) is 60.5 Å². The predicted molar refractivity (Wildman–Crippen MR) is 128 cm³/mol. The van der Waals surface area contributed by atoms with Crippen molar-refractivity contribution in [3.63, 3.8) is 0 Å². The number of anilines is 1. The summed E-state index contributed by atoms with van der Waals surface area (Å²) >= 11 is 1.77. The zero-order valence-corrected chi connectivity index (χ0v) is 19.3. The van der Waals surface area contributed by atoms with Crippen molar-refractivity contribution in [3.8, 4) is 11.3 Å². The fourth-order valence-electron chi connectivity index (χ4n) is 5.69. The Morgan fingerprint density at radius 3 is 2.68 bits per heavy atom. The number of hydrogen-bond donors (Lipinski definition) is 1. The first-order valence-corrected chi connectivity index (χ1v) is 11.8. The van der Waals surface area contributed by atoms with Crippen LogP contribution in [0.1, 0.15) is 39.5 Å². The maximum atomic E-state index is 4.94. The van der Waals surface area contributed by atoms with E-state index in [1.165, 1.54) is 30.4 Å². The van der Waals surface area contributed by atoms with Crippen molar-refractivity contribution >= 4 is 37.6 Å². The molecule has 4 aromatic rings. The van der Waals surface area contributed by atoms with Gasteiger partial charge in [-0.15, -0.1) is 0 Å². The third kappa shape index (κ3) is 3.22. The number of thiazole rings is 1. The lowest BCUT2D eigenvalue weighted by molar-refractivity contribution is 0.208. The van der Waals surface area contributed by atoms with Gasteiger partial charge in [0.25, 0.3) is 0 Å². The molecule has 2 aliphatic rings. The van der Waals surface area contributed by atoms with E-state index in [4.69, 9.17) is 9.97 Å². The van der Waals surface area contributed by atoms with Crippen LogP contribution in [0.3, 0.4) is 0 Å². The minimum atomic E-state index is 0.252. The smallest absolute Gasteiger partial charge is 0.186 e. The van der Waals surface area contributed by atoms with E-state index in [1.807, 2.05) is 24.1 Å². The molecule has 31 heavy (non-hydrogen) atoms. The first-order valence-electron chi connectivity index (χ1n) is 11.0. The molecule has 6 nitrogen and oxygen atoms in total. The molecular formula is C24H28N6S. The molecule has 0 spiro atoms. The van der Waals surface area contributed by atoms with E-state index in [0.717, 1.165) is 32.8 Å². The van der Waals surface area contributed by atoms with Crippen molar-refractivity contribution in [2.45, 2.75) is 56.7 Å². The van der Waals surface area contributed by atoms with Gasteiger partial charge in [0, 0.05) is 48.4 Å². The monoisotopic (exact) mass is 432 g/mol. The predicted octanol–water partition coefficient (Wildman–Crippen LogP) is 4.74. The van der Waals surface area contributed by atoms with E-state index in [1.54, 1.807) is 11.3 Å². The van der Waals surface area contributed by atoms with Crippen molar-refractivity contribution < 1.29 is 0 Å². The molecule has 1 N–H and O–H groups in total. The zero-order valence-electron chi connectivity index (χ0n) is 18.5. The Labute approximate surface area is 186 Å². The molecule has 5 heterocycles. The molecular weight excluding hydrogens is 404 g/mol. The number of pyridine rings is 1. The molecule has 7 heteroatoms. The lowest BCUT2D eigenvalue weighted by Crippen LogP contribution is -2.58. The Morgan fingerprint density at radius 1 is 1.13 bits per heavy atom. The highest BCUT2D eigenvalue weighted by atomic mass is 32.1. The number of hydrogen-bond acceptors (Lipinski definition) is 6. The van der Waals surface area contributed by atoms with E-state index < -0.39 is 0 Å². The molecule has 1 aromatic carbocycles. The number of aryl methyl sites for hydroxylation is 1. The maximum absolute atomic E-state index is 4.94. The van der Waals surface area contributed by atoms with Gasteiger partial charge in [-0.1, -0.05) is 17.4 Å². The van der Waals surface area contributed by atoms with E-state index in [0.29, 0.717) is 6.04 Å². The number of nitrogens with zero attached hydrogens (tertiary/aromatic N) is 5. The van der Waals surface area contributed by atoms with Crippen LogP contribution < -0.4 is 10.2 Å². The lowest BCUT2D eigenvalue weighted by Gasteiger charge is -2.45. The van der Waals surface area contributed by atoms with Gasteiger partial charge in [0.2, 0.25) is 0 Å². The molecule has 3 aromatic heterocycles. The van der Waals surface area contributed by atoms with Crippen LogP contribution in [0.5, 0.6) is 0 Å². The lowest BCUT2D eigenvalue weighted by atomic mass is 9.84. The van der Waals surface area contributed by atoms with Gasteiger partial charge in [-0.3, -0.25) is 9.67 Å². The maximum Gasteiger partial charge on any atom is 0.186 e. The fourth-order valence-corrected chi connectivity index (χ4v) is 6.70. The molecule has 0 aliphatic carbocycles. The molecule has 0 radical (unpaired) electrons. The van der Waals surface area contributed by atoms with Crippen LogP contribution in [0.15, 0.2) is 36.7 Å². The first-order chi connectivity index (χ1) is 14.8. The van der Waals surface area contributed by atoms with Crippen molar-refractivity contribution in [1.82, 2.24) is 25.1 Å². The van der Waals surface area contributed by atoms with Gasteiger partial charge < -0.3 is 10.2 Å². The molecule has 0 saturated carbocycles. The van der Waals surface area contributed by atoms with Gasteiger partial charge in [0.15, 0.2) is 5.13 Å². The molecule has 160 valence electrons. The van der Waals surface area contributed by atoms with Gasteiger partial charge >= 0.3 is 0 Å². The zero-order chi connectivity index (χ0) is 21.4. The Morgan fingerprint density at radius 2 is 1.90 bits per heavy atom. The number of piperidine rings is 1. The van der Waals surface area contributed by atoms with Gasteiger partial charge in [-0.25, -0.2) is 4.98 Å². The largest absolute Gasteiger partial charge is 0.348 e. The number of aromatic nitrogens is 4. The summed E-state index contributed by atoms with van der Waals surface area (Å²) in [7, 11) is 4.17. The van der Waals surface area contributed by atoms with Crippen LogP contribution >= 0.6 is 11.3 Å². The van der Waals surface area contributed by atoms with Crippen LogP contribution in [0.2, 0.25) is 0 Å². The second kappa shape index (κ2) is 6.50. The van der Waals surface area contributed by atoms with Crippen molar-refractivity contribution in [2.24, 2.45) is 7.05 Å². The molecule has 3 atom stereocenters. The first kappa shape index (κ1) is 19.2. The van der Waals surface area contributed by atoms with E-state index >= 15 is 0 Å². The van der Waals surface area contributed by atoms with Crippen molar-refractivity contribution in [1.29, 1.82) is 0 Å². The van der Waals surface area contributed by atoms with Gasteiger partial charge in [-0.2, -0.15) is 5.10 Å². The fraction of sp³-hybridized carbons (Fsp3) is 0.458. The van der Waals surface area contributed by atoms with E-state index in [9.17, 15) is 0 Å². The van der Waals surface area contributed by atoms with Crippen LogP contribution in [-0.4, -0.2) is 43.9 Å². The number of benzene rings is 1. The summed E-state index contributed by atoms with van der Waals surface area (Å²) in [6.45, 7) is 4.76. The van der Waals surface area contributed by atoms with Crippen LogP contribution in [0, 0.1) is 0 Å². The highest BCUT2D eigenvalue weighted by Crippen LogP contribution is 2.44. The van der Waals surface area contributed by atoms with Crippen molar-refractivity contribution in [2.75, 3.05) is 11.9 Å². The van der Waals surface area contributed by atoms with Gasteiger partial charge in [0.1, 0.15) is 5.52 Å². The Hall–Kier alpha value is -2.51. The normalized spacial score (nSPS) is 27.9. The second-order valence-corrected chi connectivity index (χ2v) is 11.0. The third-order valence-corrected chi connectivity index (χ3v) is 8.34. The second-order valence-electron chi connectivity index (χ2n) is 10.0. The summed E-state index contributed by atoms with van der Waals surface area (Å²) in [5, 5.41) is 10.6. The van der Waals surface area contributed by atoms with Crippen LogP contribution in [-0.2, 0) is 7.05 Å². The summed E-state index contributed by atoms with van der Waals surface area (Å²) < 4.78 is 3.04. The molecule has 6 rings (SSSR count). The third-order valence-electron chi connectivity index (χ3n) is 7.23. The number of fused-ring (bicyclic) bond motifs is 4. The van der Waals surface area contributed by atoms with E-state index in [-0.39, 0.29) is 11.1 Å². The molecule has 0 amide bonds. The van der Waals surface area contributed by atoms with Gasteiger partial charge in [-0.05, 0) is 57.7 Å². The highest BCUT2D eigenvalue weighted by molar-refractivity contribution is 7.22. The minimum Gasteiger partial charge on any atom is -0.348 e. The standard InChI is InChI=1S/C24H28N6S/c1-23-7-8-24(2,28-23)12-17(11-23)30(4)22-26-20-13-25-19(10-21(20)31-22)15-5-6-18-16(9-15)14-29(3)27-18/h5-6,9-10,13-14,17,28H,7-8,11-12H2,1-4H3/t17?,23-,24+. The SMILES string of the molecule is CN(c1nc2cnc(-c3ccc4nn(C)cc4c3)cc2s1)C1C[C@]2(C)CC[C@](C)(C1)N2. The van der Waals surface area contributed by atoms with Crippen molar-refractivity contribution in [3.05, 3.63) is 36.7 Å². The quantitative estimate of drug-likeness (QED) is 0.506.